The largest absolute Gasteiger partial charge is 0.310 e. The molecule has 2 aromatic carbocycles. The van der Waals surface area contributed by atoms with Crippen LogP contribution in [0.5, 0.6) is 0 Å². The molecule has 4 rings (SSSR count). The minimum atomic E-state index is -0.141. The lowest BCUT2D eigenvalue weighted by Gasteiger charge is -2.05. The van der Waals surface area contributed by atoms with E-state index in [1.54, 1.807) is 4.52 Å². The van der Waals surface area contributed by atoms with Crippen molar-refractivity contribution in [1.82, 2.24) is 14.6 Å². The molecule has 0 aliphatic rings. The summed E-state index contributed by atoms with van der Waals surface area (Å²) in [5, 5.41) is 4.25. The lowest BCUT2D eigenvalue weighted by atomic mass is 9.97. The van der Waals surface area contributed by atoms with Crippen LogP contribution in [-0.2, 0) is 0 Å². The zero-order valence-electron chi connectivity index (χ0n) is 12.7. The van der Waals surface area contributed by atoms with Crippen molar-refractivity contribution >= 4 is 5.52 Å². The minimum Gasteiger partial charge on any atom is -0.310 e. The number of fused-ring (bicyclic) bond motifs is 1. The fourth-order valence-corrected chi connectivity index (χ4v) is 2.87. The summed E-state index contributed by atoms with van der Waals surface area (Å²) in [5.74, 6) is 0. The molecule has 0 unspecified atom stereocenters. The second kappa shape index (κ2) is 5.25. The van der Waals surface area contributed by atoms with E-state index in [9.17, 15) is 4.79 Å². The number of nitrogens with one attached hydrogen (secondary N) is 1. The Hall–Kier alpha value is -3.14. The molecule has 0 bridgehead atoms. The van der Waals surface area contributed by atoms with Gasteiger partial charge in [-0.1, -0.05) is 60.2 Å². The molecule has 4 aromatic rings. The van der Waals surface area contributed by atoms with Crippen molar-refractivity contribution in [3.63, 3.8) is 0 Å². The summed E-state index contributed by atoms with van der Waals surface area (Å²) in [6.45, 7) is 2.05. The van der Waals surface area contributed by atoms with Gasteiger partial charge in [0.25, 0.3) is 5.56 Å². The summed E-state index contributed by atoms with van der Waals surface area (Å²) in [4.78, 5) is 15.0. The Morgan fingerprint density at radius 1 is 0.957 bits per heavy atom. The van der Waals surface area contributed by atoms with Crippen molar-refractivity contribution < 1.29 is 0 Å². The van der Waals surface area contributed by atoms with Gasteiger partial charge in [0.2, 0.25) is 0 Å². The molecular formula is C19H15N3O. The number of nitrogens with zero attached hydrogens (tertiary/aromatic N) is 2. The van der Waals surface area contributed by atoms with Crippen molar-refractivity contribution in [2.45, 2.75) is 6.92 Å². The third kappa shape index (κ3) is 2.25. The predicted molar refractivity (Wildman–Crippen MR) is 91.4 cm³/mol. The van der Waals surface area contributed by atoms with E-state index in [2.05, 4.69) is 22.2 Å². The Morgan fingerprint density at radius 2 is 1.70 bits per heavy atom. The Balaban J connectivity index is 2.11. The third-order valence-corrected chi connectivity index (χ3v) is 4.00. The molecule has 4 nitrogen and oxygen atoms in total. The van der Waals surface area contributed by atoms with E-state index in [4.69, 9.17) is 0 Å². The van der Waals surface area contributed by atoms with E-state index in [0.29, 0.717) is 5.52 Å². The third-order valence-electron chi connectivity index (χ3n) is 4.00. The number of benzene rings is 2. The van der Waals surface area contributed by atoms with Gasteiger partial charge in [-0.05, 0) is 18.1 Å². The lowest BCUT2D eigenvalue weighted by Crippen LogP contribution is -2.10. The van der Waals surface area contributed by atoms with E-state index in [-0.39, 0.29) is 5.56 Å². The number of H-pyrrole nitrogens is 1. The first-order chi connectivity index (χ1) is 11.2. The smallest absolute Gasteiger partial charge is 0.275 e. The van der Waals surface area contributed by atoms with Gasteiger partial charge < -0.3 is 4.98 Å². The van der Waals surface area contributed by atoms with Gasteiger partial charge in [-0.25, -0.2) is 4.52 Å². The molecule has 2 aromatic heterocycles. The quantitative estimate of drug-likeness (QED) is 0.614. The first-order valence-electron chi connectivity index (χ1n) is 7.45. The number of hydrogen-bond acceptors (Lipinski definition) is 2. The average Bonchev–Trinajstić information content (AvgIpc) is 2.97. The lowest BCUT2D eigenvalue weighted by molar-refractivity contribution is 0.890. The fourth-order valence-electron chi connectivity index (χ4n) is 2.87. The van der Waals surface area contributed by atoms with Crippen LogP contribution in [0.4, 0.5) is 0 Å². The summed E-state index contributed by atoms with van der Waals surface area (Å²) in [6, 6.07) is 18.3. The molecule has 0 spiro atoms. The fraction of sp³-hybridized carbons (Fsp3) is 0.0526. The molecule has 0 fully saturated rings. The van der Waals surface area contributed by atoms with E-state index < -0.39 is 0 Å². The van der Waals surface area contributed by atoms with Crippen molar-refractivity contribution in [2.75, 3.05) is 0 Å². The maximum Gasteiger partial charge on any atom is 0.275 e. The van der Waals surface area contributed by atoms with Gasteiger partial charge in [0.1, 0.15) is 11.8 Å². The molecule has 0 aliphatic heterocycles. The molecule has 112 valence electrons. The Labute approximate surface area is 133 Å². The second-order valence-corrected chi connectivity index (χ2v) is 5.56. The van der Waals surface area contributed by atoms with Crippen molar-refractivity contribution in [1.29, 1.82) is 0 Å². The molecule has 4 heteroatoms. The number of aromatic amines is 1. The Morgan fingerprint density at radius 3 is 2.43 bits per heavy atom. The van der Waals surface area contributed by atoms with Gasteiger partial charge in [-0.3, -0.25) is 4.79 Å². The zero-order valence-corrected chi connectivity index (χ0v) is 12.7. The van der Waals surface area contributed by atoms with Crippen LogP contribution in [0.2, 0.25) is 0 Å². The van der Waals surface area contributed by atoms with Crippen LogP contribution < -0.4 is 5.56 Å². The second-order valence-electron chi connectivity index (χ2n) is 5.56. The topological polar surface area (TPSA) is 50.2 Å². The van der Waals surface area contributed by atoms with E-state index in [0.717, 1.165) is 22.3 Å². The molecule has 2 heterocycles. The van der Waals surface area contributed by atoms with Crippen LogP contribution in [0, 0.1) is 6.92 Å². The van der Waals surface area contributed by atoms with Crippen LogP contribution in [0.25, 0.3) is 27.8 Å². The van der Waals surface area contributed by atoms with Crippen molar-refractivity contribution in [3.8, 4) is 22.3 Å². The maximum atomic E-state index is 12.4. The molecule has 0 atom stereocenters. The molecule has 0 amide bonds. The number of aromatic nitrogens is 3. The highest BCUT2D eigenvalue weighted by atomic mass is 16.1. The van der Waals surface area contributed by atoms with Gasteiger partial charge in [0, 0.05) is 17.3 Å². The molecule has 0 saturated heterocycles. The normalized spacial score (nSPS) is 11.0. The summed E-state index contributed by atoms with van der Waals surface area (Å²) >= 11 is 0. The van der Waals surface area contributed by atoms with Crippen LogP contribution in [0.15, 0.2) is 71.9 Å². The SMILES string of the molecule is Cc1ccc(-c2c(-c3ccccc3)cn3nc[nH]c(=O)c23)cc1. The highest BCUT2D eigenvalue weighted by Gasteiger charge is 2.17. The number of hydrogen-bond donors (Lipinski definition) is 1. The minimum absolute atomic E-state index is 0.141. The van der Waals surface area contributed by atoms with Gasteiger partial charge in [-0.2, -0.15) is 5.10 Å². The number of aryl methyl sites for hydroxylation is 1. The maximum absolute atomic E-state index is 12.4. The molecular weight excluding hydrogens is 286 g/mol. The Bertz CT molecular complexity index is 1030. The van der Waals surface area contributed by atoms with Crippen molar-refractivity contribution in [2.24, 2.45) is 0 Å². The van der Waals surface area contributed by atoms with Gasteiger partial charge in [-0.15, -0.1) is 0 Å². The summed E-state index contributed by atoms with van der Waals surface area (Å²) < 4.78 is 1.65. The van der Waals surface area contributed by atoms with E-state index in [1.165, 1.54) is 11.9 Å². The van der Waals surface area contributed by atoms with Gasteiger partial charge in [0.05, 0.1) is 0 Å². The average molecular weight is 301 g/mol. The molecule has 0 radical (unpaired) electrons. The monoisotopic (exact) mass is 301 g/mol. The van der Waals surface area contributed by atoms with Crippen LogP contribution in [-0.4, -0.2) is 14.6 Å². The summed E-state index contributed by atoms with van der Waals surface area (Å²) in [7, 11) is 0. The highest BCUT2D eigenvalue weighted by molar-refractivity contribution is 5.94. The predicted octanol–water partition coefficient (Wildman–Crippen LogP) is 3.67. The molecule has 0 aliphatic carbocycles. The molecule has 23 heavy (non-hydrogen) atoms. The summed E-state index contributed by atoms with van der Waals surface area (Å²) in [5.41, 5.74) is 5.59. The van der Waals surface area contributed by atoms with Gasteiger partial charge >= 0.3 is 0 Å². The standard InChI is InChI=1S/C19H15N3O/c1-13-7-9-15(10-8-13)17-16(14-5-3-2-4-6-14)11-22-18(17)19(23)20-12-21-22/h2-12H,1H3,(H,20,21,23). The molecule has 1 N–H and O–H groups in total. The van der Waals surface area contributed by atoms with Crippen LogP contribution >= 0.6 is 0 Å². The van der Waals surface area contributed by atoms with Crippen LogP contribution in [0.1, 0.15) is 5.56 Å². The van der Waals surface area contributed by atoms with Gasteiger partial charge in [0.15, 0.2) is 0 Å². The van der Waals surface area contributed by atoms with Crippen molar-refractivity contribution in [3.05, 3.63) is 83.0 Å². The van der Waals surface area contributed by atoms with Crippen LogP contribution in [0.3, 0.4) is 0 Å². The van der Waals surface area contributed by atoms with E-state index >= 15 is 0 Å². The van der Waals surface area contributed by atoms with E-state index in [1.807, 2.05) is 55.6 Å². The Kier molecular flexibility index (Phi) is 3.08. The summed E-state index contributed by atoms with van der Waals surface area (Å²) in [6.07, 6.45) is 3.33. The zero-order chi connectivity index (χ0) is 15.8. The highest BCUT2D eigenvalue weighted by Crippen LogP contribution is 2.35. The first-order valence-corrected chi connectivity index (χ1v) is 7.45. The molecule has 0 saturated carbocycles. The first kappa shape index (κ1) is 13.5. The number of rotatable bonds is 2.